The fourth-order valence-electron chi connectivity index (χ4n) is 0.968. The van der Waals surface area contributed by atoms with Gasteiger partial charge in [0.1, 0.15) is 12.4 Å². The molecule has 0 heterocycles. The van der Waals surface area contributed by atoms with Crippen molar-refractivity contribution in [2.45, 2.75) is 13.0 Å². The fourth-order valence-corrected chi connectivity index (χ4v) is 0.968. The van der Waals surface area contributed by atoms with E-state index in [0.29, 0.717) is 5.56 Å². The highest BCUT2D eigenvalue weighted by molar-refractivity contribution is 5.26. The van der Waals surface area contributed by atoms with E-state index < -0.39 is 11.9 Å². The topological polar surface area (TPSA) is 20.2 Å². The quantitative estimate of drug-likeness (QED) is 0.749. The summed E-state index contributed by atoms with van der Waals surface area (Å²) < 4.78 is 24.3. The van der Waals surface area contributed by atoms with Gasteiger partial charge in [-0.05, 0) is 12.5 Å². The summed E-state index contributed by atoms with van der Waals surface area (Å²) >= 11 is 0. The molecule has 1 N–H and O–H groups in total. The molecule has 1 nitrogen and oxygen atoms in total. The lowest BCUT2D eigenvalue weighted by atomic mass is 10.1. The van der Waals surface area contributed by atoms with Crippen LogP contribution in [0.25, 0.3) is 0 Å². The lowest BCUT2D eigenvalue weighted by Crippen LogP contribution is -1.97. The third-order valence-electron chi connectivity index (χ3n) is 1.76. The summed E-state index contributed by atoms with van der Waals surface area (Å²) in [5.41, 5.74) is 1.34. The molecule has 3 heteroatoms. The molecule has 0 spiro atoms. The van der Waals surface area contributed by atoms with Crippen LogP contribution in [-0.2, 0) is 0 Å². The molecule has 70 valence electrons. The van der Waals surface area contributed by atoms with E-state index >= 15 is 0 Å². The third kappa shape index (κ3) is 2.36. The third-order valence-corrected chi connectivity index (χ3v) is 1.76. The van der Waals surface area contributed by atoms with Gasteiger partial charge in [0.15, 0.2) is 5.83 Å². The monoisotopic (exact) mass is 184 g/mol. The number of halogens is 2. The highest BCUT2D eigenvalue weighted by Crippen LogP contribution is 2.22. The second-order valence-electron chi connectivity index (χ2n) is 2.81. The largest absolute Gasteiger partial charge is 0.381 e. The van der Waals surface area contributed by atoms with E-state index in [4.69, 9.17) is 0 Å². The van der Waals surface area contributed by atoms with E-state index in [1.54, 1.807) is 24.3 Å². The average molecular weight is 184 g/mol. The van der Waals surface area contributed by atoms with Crippen molar-refractivity contribution in [3.63, 3.8) is 0 Å². The molecule has 0 fully saturated rings. The predicted octanol–water partition coefficient (Wildman–Crippen LogP) is 2.81. The SMILES string of the molecule is Cc1ccc(C(O)/C(F)=C/F)cc1. The van der Waals surface area contributed by atoms with E-state index in [9.17, 15) is 13.9 Å². The normalized spacial score (nSPS) is 14.3. The minimum absolute atomic E-state index is 0.232. The smallest absolute Gasteiger partial charge is 0.161 e. The number of hydrogen-bond acceptors (Lipinski definition) is 1. The molecule has 1 unspecified atom stereocenters. The van der Waals surface area contributed by atoms with Gasteiger partial charge in [-0.3, -0.25) is 0 Å². The van der Waals surface area contributed by atoms with Gasteiger partial charge in [-0.25, -0.2) is 8.78 Å². The van der Waals surface area contributed by atoms with Crippen molar-refractivity contribution in [3.8, 4) is 0 Å². The van der Waals surface area contributed by atoms with Crippen LogP contribution in [0.1, 0.15) is 17.2 Å². The number of hydrogen-bond donors (Lipinski definition) is 1. The van der Waals surface area contributed by atoms with Crippen LogP contribution < -0.4 is 0 Å². The first-order valence-corrected chi connectivity index (χ1v) is 3.85. The van der Waals surface area contributed by atoms with E-state index in [-0.39, 0.29) is 6.33 Å². The van der Waals surface area contributed by atoms with Crippen LogP contribution in [-0.4, -0.2) is 5.11 Å². The van der Waals surface area contributed by atoms with Crippen molar-refractivity contribution in [2.75, 3.05) is 0 Å². The molecule has 0 saturated carbocycles. The Morgan fingerprint density at radius 2 is 1.92 bits per heavy atom. The Bertz CT molecular complexity index is 303. The van der Waals surface area contributed by atoms with Crippen molar-refractivity contribution >= 4 is 0 Å². The van der Waals surface area contributed by atoms with Gasteiger partial charge in [0.05, 0.1) is 0 Å². The van der Waals surface area contributed by atoms with Crippen LogP contribution >= 0.6 is 0 Å². The number of rotatable bonds is 2. The van der Waals surface area contributed by atoms with Crippen molar-refractivity contribution in [2.24, 2.45) is 0 Å². The summed E-state index contributed by atoms with van der Waals surface area (Å²) in [5, 5.41) is 9.20. The van der Waals surface area contributed by atoms with Gasteiger partial charge in [0.25, 0.3) is 0 Å². The molecule has 0 aromatic heterocycles. The van der Waals surface area contributed by atoms with Crippen LogP contribution in [0, 0.1) is 6.92 Å². The maximum atomic E-state index is 12.5. The van der Waals surface area contributed by atoms with E-state index in [2.05, 4.69) is 0 Å². The Hall–Kier alpha value is -1.22. The van der Waals surface area contributed by atoms with Crippen molar-refractivity contribution in [3.05, 3.63) is 47.5 Å². The Balaban J connectivity index is 2.89. The number of aliphatic hydroxyl groups is 1. The van der Waals surface area contributed by atoms with Gasteiger partial charge in [-0.2, -0.15) is 0 Å². The Morgan fingerprint density at radius 3 is 2.38 bits per heavy atom. The molecule has 0 saturated heterocycles. The summed E-state index contributed by atoms with van der Waals surface area (Å²) in [6.07, 6.45) is -1.73. The van der Waals surface area contributed by atoms with Gasteiger partial charge in [0, 0.05) is 0 Å². The molecule has 0 radical (unpaired) electrons. The Labute approximate surface area is 75.3 Å². The number of aryl methyl sites for hydroxylation is 1. The van der Waals surface area contributed by atoms with Crippen LogP contribution in [0.15, 0.2) is 36.4 Å². The fraction of sp³-hybridized carbons (Fsp3) is 0.200. The van der Waals surface area contributed by atoms with Gasteiger partial charge in [-0.1, -0.05) is 29.8 Å². The molecule has 1 atom stereocenters. The highest BCUT2D eigenvalue weighted by atomic mass is 19.2. The maximum absolute atomic E-state index is 12.5. The minimum atomic E-state index is -1.49. The van der Waals surface area contributed by atoms with Gasteiger partial charge >= 0.3 is 0 Å². The van der Waals surface area contributed by atoms with E-state index in [1.807, 2.05) is 6.92 Å². The van der Waals surface area contributed by atoms with Crippen LogP contribution in [0.4, 0.5) is 8.78 Å². The summed E-state index contributed by atoms with van der Waals surface area (Å²) in [7, 11) is 0. The molecular weight excluding hydrogens is 174 g/mol. The molecule has 0 aliphatic heterocycles. The van der Waals surface area contributed by atoms with Gasteiger partial charge < -0.3 is 5.11 Å². The van der Waals surface area contributed by atoms with Gasteiger partial charge in [-0.15, -0.1) is 0 Å². The van der Waals surface area contributed by atoms with Crippen molar-refractivity contribution in [1.82, 2.24) is 0 Å². The molecular formula is C10H10F2O. The second-order valence-corrected chi connectivity index (χ2v) is 2.81. The molecule has 13 heavy (non-hydrogen) atoms. The number of aliphatic hydroxyl groups excluding tert-OH is 1. The summed E-state index contributed by atoms with van der Waals surface area (Å²) in [6.45, 7) is 1.87. The molecule has 1 aromatic carbocycles. The molecule has 0 aliphatic carbocycles. The number of benzene rings is 1. The van der Waals surface area contributed by atoms with Crippen LogP contribution in [0.2, 0.25) is 0 Å². The average Bonchev–Trinajstić information content (AvgIpc) is 2.17. The highest BCUT2D eigenvalue weighted by Gasteiger charge is 2.12. The zero-order chi connectivity index (χ0) is 9.84. The molecule has 1 aromatic rings. The molecule has 1 rings (SSSR count). The van der Waals surface area contributed by atoms with E-state index in [1.165, 1.54) is 0 Å². The zero-order valence-electron chi connectivity index (χ0n) is 7.17. The molecule has 0 bridgehead atoms. The van der Waals surface area contributed by atoms with Gasteiger partial charge in [0.2, 0.25) is 0 Å². The summed E-state index contributed by atoms with van der Waals surface area (Å²) in [4.78, 5) is 0. The first kappa shape index (κ1) is 9.86. The minimum Gasteiger partial charge on any atom is -0.381 e. The standard InChI is InChI=1S/C10H10F2O/c1-7-2-4-8(5-3-7)10(13)9(12)6-11/h2-6,10,13H,1H3/b9-6-. The first-order chi connectivity index (χ1) is 6.15. The Morgan fingerprint density at radius 1 is 1.38 bits per heavy atom. The molecule has 0 amide bonds. The van der Waals surface area contributed by atoms with Crippen molar-refractivity contribution in [1.29, 1.82) is 0 Å². The van der Waals surface area contributed by atoms with Crippen LogP contribution in [0.5, 0.6) is 0 Å². The Kier molecular flexibility index (Phi) is 3.14. The summed E-state index contributed by atoms with van der Waals surface area (Å²) in [6, 6.07) is 6.57. The van der Waals surface area contributed by atoms with E-state index in [0.717, 1.165) is 5.56 Å². The van der Waals surface area contributed by atoms with Crippen LogP contribution in [0.3, 0.4) is 0 Å². The zero-order valence-corrected chi connectivity index (χ0v) is 7.17. The lowest BCUT2D eigenvalue weighted by molar-refractivity contribution is 0.183. The second kappa shape index (κ2) is 4.14. The lowest BCUT2D eigenvalue weighted by Gasteiger charge is -2.07. The maximum Gasteiger partial charge on any atom is 0.161 e. The molecule has 0 aliphatic rings. The van der Waals surface area contributed by atoms with Crippen molar-refractivity contribution < 1.29 is 13.9 Å². The summed E-state index contributed by atoms with van der Waals surface area (Å²) in [5.74, 6) is -1.18. The predicted molar refractivity (Wildman–Crippen MR) is 46.4 cm³/mol. The first-order valence-electron chi connectivity index (χ1n) is 3.85.